The van der Waals surface area contributed by atoms with E-state index in [0.717, 1.165) is 36.4 Å². The maximum atomic E-state index is 13.3. The number of esters is 8. The first-order valence-corrected chi connectivity index (χ1v) is 23.3. The van der Waals surface area contributed by atoms with Gasteiger partial charge < -0.3 is 58.3 Å². The zero-order valence-corrected chi connectivity index (χ0v) is 42.3. The molecule has 0 aliphatic rings. The van der Waals surface area contributed by atoms with Crippen molar-refractivity contribution in [1.82, 2.24) is 0 Å². The Labute approximate surface area is 435 Å². The van der Waals surface area contributed by atoms with Crippen molar-refractivity contribution in [3.63, 3.8) is 0 Å². The minimum atomic E-state index is -1.55. The van der Waals surface area contributed by atoms with Crippen LogP contribution in [0.4, 0.5) is 0 Å². The molecule has 0 radical (unpaired) electrons. The van der Waals surface area contributed by atoms with Crippen LogP contribution in [-0.2, 0) is 66.7 Å². The van der Waals surface area contributed by atoms with E-state index in [4.69, 9.17) is 43.0 Å². The van der Waals surface area contributed by atoms with Crippen molar-refractivity contribution in [3.8, 4) is 0 Å². The number of rotatable bonds is 34. The summed E-state index contributed by atoms with van der Waals surface area (Å²) < 4.78 is 42.0. The molecule has 0 saturated carbocycles. The number of aromatic carboxylic acids is 4. The molecule has 0 saturated heterocycles. The number of carboxylic acids is 4. The second-order valence-corrected chi connectivity index (χ2v) is 17.5. The van der Waals surface area contributed by atoms with Gasteiger partial charge in [0, 0.05) is 29.6 Å². The number of benzene rings is 2. The van der Waals surface area contributed by atoms with Gasteiger partial charge in [0.25, 0.3) is 0 Å². The number of ether oxygens (including phenoxy) is 8. The third-order valence-corrected chi connectivity index (χ3v) is 10.3. The van der Waals surface area contributed by atoms with Crippen LogP contribution in [0.15, 0.2) is 72.9 Å². The van der Waals surface area contributed by atoms with Crippen LogP contribution in [0.1, 0.15) is 148 Å². The molecule has 0 aromatic heterocycles. The Kier molecular flexibility index (Phi) is 26.0. The molecule has 76 heavy (non-hydrogen) atoms. The van der Waals surface area contributed by atoms with E-state index in [1.165, 1.54) is 27.7 Å². The maximum Gasteiger partial charge on any atom is 0.338 e. The lowest BCUT2D eigenvalue weighted by Crippen LogP contribution is -2.35. The molecule has 24 nitrogen and oxygen atoms in total. The van der Waals surface area contributed by atoms with Gasteiger partial charge in [-0.15, -0.1) is 0 Å². The van der Waals surface area contributed by atoms with Crippen LogP contribution in [0.25, 0.3) is 0 Å². The lowest BCUT2D eigenvalue weighted by atomic mass is 9.86. The number of hydrogen-bond donors (Lipinski definition) is 4. The Bertz CT molecular complexity index is 2570. The molecule has 0 fully saturated rings. The van der Waals surface area contributed by atoms with Crippen LogP contribution < -0.4 is 0 Å². The first-order valence-electron chi connectivity index (χ1n) is 23.3. The zero-order chi connectivity index (χ0) is 57.3. The van der Waals surface area contributed by atoms with Crippen molar-refractivity contribution < 1.29 is 116 Å². The molecule has 4 N–H and O–H groups in total. The summed E-state index contributed by atoms with van der Waals surface area (Å²) >= 11 is 0. The molecule has 2 aromatic rings. The van der Waals surface area contributed by atoms with E-state index in [1.54, 1.807) is 0 Å². The average Bonchev–Trinajstić information content (AvgIpc) is 3.35. The van der Waals surface area contributed by atoms with E-state index in [0.29, 0.717) is 12.8 Å². The number of unbranched alkanes of at least 4 members (excludes halogenated alkanes) is 4. The Morgan fingerprint density at radius 2 is 0.829 bits per heavy atom. The molecule has 2 unspecified atom stereocenters. The molecule has 0 bridgehead atoms. The molecule has 24 heteroatoms. The minimum Gasteiger partial charge on any atom is -0.478 e. The average molecular weight is 1070 g/mol. The Balaban J connectivity index is 1.89. The SMILES string of the molecule is C=C(C)C(=O)OCC(COC(=O)C(=C)CC(C)(C)C(=O)OCC(COC(=O)C(=C)C)OC(=O)CCCCCOC(=O)c1ccc(C(=O)O)c(C(=O)O)c1)OC(=O)CCCCCOC(=O)c1ccc(C(=O)O)c(C(=O)O)c1. The van der Waals surface area contributed by atoms with Crippen LogP contribution in [0, 0.1) is 5.41 Å². The molecule has 0 heterocycles. The predicted molar refractivity (Wildman–Crippen MR) is 259 cm³/mol. The highest BCUT2D eigenvalue weighted by Crippen LogP contribution is 2.27. The van der Waals surface area contributed by atoms with Crippen LogP contribution in [0.2, 0.25) is 0 Å². The normalized spacial score (nSPS) is 11.5. The standard InChI is InChI=1S/C52H60O24/c1-29(2)46(63)71-25-34(75-40(53)14-10-8-12-20-69-49(66)32-16-18-36(42(55)56)38(22-32)44(59)60)27-73-48(65)31(5)24-52(6,7)51(68)74-28-35(26-72-47(64)30(3)4)76-41(54)15-11-9-13-21-70-50(67)33-17-19-37(43(57)58)39(23-33)45(61)62/h16-19,22-23,34-35H,1,3,5,8-15,20-21,24-28H2,2,4,6-7H3,(H,55,56)(H,57,58)(H,59,60)(H,61,62). The Hall–Kier alpha value is -8.70. The summed E-state index contributed by atoms with van der Waals surface area (Å²) in [6, 6.07) is 5.96. The monoisotopic (exact) mass is 1070 g/mol. The van der Waals surface area contributed by atoms with Crippen LogP contribution in [0.5, 0.6) is 0 Å². The van der Waals surface area contributed by atoms with Crippen LogP contribution >= 0.6 is 0 Å². The van der Waals surface area contributed by atoms with Gasteiger partial charge in [0.1, 0.15) is 26.4 Å². The van der Waals surface area contributed by atoms with Gasteiger partial charge >= 0.3 is 71.6 Å². The van der Waals surface area contributed by atoms with E-state index < -0.39 is 138 Å². The van der Waals surface area contributed by atoms with Gasteiger partial charge in [-0.25, -0.2) is 43.2 Å². The first-order chi connectivity index (χ1) is 35.6. The largest absolute Gasteiger partial charge is 0.478 e. The van der Waals surface area contributed by atoms with Crippen LogP contribution in [0.3, 0.4) is 0 Å². The van der Waals surface area contributed by atoms with Gasteiger partial charge in [0.05, 0.1) is 52.0 Å². The van der Waals surface area contributed by atoms with Crippen LogP contribution in [-0.4, -0.2) is 144 Å². The Morgan fingerprint density at radius 1 is 0.474 bits per heavy atom. The predicted octanol–water partition coefficient (Wildman–Crippen LogP) is 5.74. The summed E-state index contributed by atoms with van der Waals surface area (Å²) in [6.07, 6.45) is -1.52. The summed E-state index contributed by atoms with van der Waals surface area (Å²) in [7, 11) is 0. The molecule has 2 rings (SSSR count). The summed E-state index contributed by atoms with van der Waals surface area (Å²) in [6.45, 7) is 13.7. The number of carbonyl (C=O) groups excluding carboxylic acids is 8. The second-order valence-electron chi connectivity index (χ2n) is 17.5. The van der Waals surface area contributed by atoms with Gasteiger partial charge in [-0.3, -0.25) is 14.4 Å². The van der Waals surface area contributed by atoms with Gasteiger partial charge in [-0.2, -0.15) is 0 Å². The van der Waals surface area contributed by atoms with Crippen molar-refractivity contribution in [3.05, 3.63) is 106 Å². The molecule has 412 valence electrons. The highest BCUT2D eigenvalue weighted by atomic mass is 16.6. The molecule has 0 aliphatic carbocycles. The molecule has 0 aliphatic heterocycles. The number of carbonyl (C=O) groups is 12. The highest BCUT2D eigenvalue weighted by molar-refractivity contribution is 6.05. The number of hydrogen-bond acceptors (Lipinski definition) is 20. The first kappa shape index (κ1) is 63.4. The molecule has 0 amide bonds. The second kappa shape index (κ2) is 31.1. The van der Waals surface area contributed by atoms with E-state index in [-0.39, 0.29) is 86.0 Å². The third kappa shape index (κ3) is 22.2. The lowest BCUT2D eigenvalue weighted by molar-refractivity contribution is -0.169. The topological polar surface area (TPSA) is 360 Å². The van der Waals surface area contributed by atoms with E-state index in [2.05, 4.69) is 19.7 Å². The molecule has 2 atom stereocenters. The fourth-order valence-corrected chi connectivity index (χ4v) is 6.28. The fraction of sp³-hybridized carbons (Fsp3) is 0.423. The van der Waals surface area contributed by atoms with Gasteiger partial charge in [-0.1, -0.05) is 19.7 Å². The van der Waals surface area contributed by atoms with Crippen molar-refractivity contribution in [2.24, 2.45) is 5.41 Å². The zero-order valence-electron chi connectivity index (χ0n) is 42.3. The molecular formula is C52H60O24. The molecule has 0 spiro atoms. The fourth-order valence-electron chi connectivity index (χ4n) is 6.28. The molecule has 2 aromatic carbocycles. The van der Waals surface area contributed by atoms with Gasteiger partial charge in [0.2, 0.25) is 0 Å². The summed E-state index contributed by atoms with van der Waals surface area (Å²) in [5, 5.41) is 36.9. The quantitative estimate of drug-likeness (QED) is 0.0281. The smallest absolute Gasteiger partial charge is 0.338 e. The summed E-state index contributed by atoms with van der Waals surface area (Å²) in [4.78, 5) is 146. The minimum absolute atomic E-state index is 0.0294. The van der Waals surface area contributed by atoms with Gasteiger partial charge in [0.15, 0.2) is 12.2 Å². The van der Waals surface area contributed by atoms with E-state index in [1.807, 2.05) is 0 Å². The van der Waals surface area contributed by atoms with Crippen molar-refractivity contribution in [2.45, 2.75) is 97.7 Å². The Morgan fingerprint density at radius 3 is 1.18 bits per heavy atom. The van der Waals surface area contributed by atoms with E-state index >= 15 is 0 Å². The van der Waals surface area contributed by atoms with Crippen molar-refractivity contribution in [2.75, 3.05) is 39.6 Å². The summed E-state index contributed by atoms with van der Waals surface area (Å²) in [5.41, 5.74) is -4.16. The van der Waals surface area contributed by atoms with Crippen molar-refractivity contribution >= 4 is 71.6 Å². The van der Waals surface area contributed by atoms with Gasteiger partial charge in [-0.05, 0) is 109 Å². The highest BCUT2D eigenvalue weighted by Gasteiger charge is 2.34. The molecular weight excluding hydrogens is 1010 g/mol. The van der Waals surface area contributed by atoms with E-state index in [9.17, 15) is 72.9 Å². The van der Waals surface area contributed by atoms with Crippen molar-refractivity contribution in [1.29, 1.82) is 0 Å². The number of carboxylic acid groups (broad SMARTS) is 4. The maximum absolute atomic E-state index is 13.3. The summed E-state index contributed by atoms with van der Waals surface area (Å²) in [5.74, 6) is -12.9. The third-order valence-electron chi connectivity index (χ3n) is 10.3. The lowest BCUT2D eigenvalue weighted by Gasteiger charge is -2.25.